The second-order valence-corrected chi connectivity index (χ2v) is 4.77. The number of benzene rings is 1. The van der Waals surface area contributed by atoms with E-state index < -0.39 is 12.1 Å². The fourth-order valence-corrected chi connectivity index (χ4v) is 2.06. The van der Waals surface area contributed by atoms with E-state index in [0.717, 1.165) is 11.1 Å². The first kappa shape index (κ1) is 15.6. The molecular weight excluding hydrogens is 281 g/mol. The molecule has 0 saturated carbocycles. The smallest absolute Gasteiger partial charge is 0.395 e. The first-order valence-corrected chi connectivity index (χ1v) is 6.68. The average molecular weight is 298 g/mol. The molecule has 0 aliphatic heterocycles. The van der Waals surface area contributed by atoms with Crippen molar-refractivity contribution < 1.29 is 22.6 Å². The van der Waals surface area contributed by atoms with E-state index in [0.29, 0.717) is 19.0 Å². The molecule has 1 unspecified atom stereocenters. The summed E-state index contributed by atoms with van der Waals surface area (Å²) in [5.74, 6) is -0.665. The third kappa shape index (κ3) is 4.36. The summed E-state index contributed by atoms with van der Waals surface area (Å²) in [6.45, 7) is 0.972. The Balaban J connectivity index is 1.97. The van der Waals surface area contributed by atoms with Crippen LogP contribution in [0.2, 0.25) is 0 Å². The Morgan fingerprint density at radius 1 is 1.14 bits per heavy atom. The molecule has 1 aromatic carbocycles. The summed E-state index contributed by atoms with van der Waals surface area (Å²) < 4.78 is 48.0. The van der Waals surface area contributed by atoms with Gasteiger partial charge in [-0.1, -0.05) is 30.4 Å². The van der Waals surface area contributed by atoms with Crippen LogP contribution in [0.3, 0.4) is 0 Å². The van der Waals surface area contributed by atoms with Crippen molar-refractivity contribution in [2.45, 2.75) is 12.6 Å². The highest BCUT2D eigenvalue weighted by Gasteiger charge is 2.37. The molecule has 21 heavy (non-hydrogen) atoms. The molecule has 0 radical (unpaired) electrons. The maximum Gasteiger partial charge on any atom is 0.395 e. The first-order valence-electron chi connectivity index (χ1n) is 6.68. The monoisotopic (exact) mass is 298 g/mol. The lowest BCUT2D eigenvalue weighted by molar-refractivity contribution is -0.160. The topological polar surface area (TPSA) is 18.5 Å². The van der Waals surface area contributed by atoms with E-state index in [1.54, 1.807) is 25.3 Å². The summed E-state index contributed by atoms with van der Waals surface area (Å²) in [6.07, 6.45) is 0.193. The van der Waals surface area contributed by atoms with Gasteiger partial charge in [0.1, 0.15) is 12.4 Å². The summed E-state index contributed by atoms with van der Waals surface area (Å²) in [5, 5.41) is 0. The third-order valence-corrected chi connectivity index (χ3v) is 3.26. The summed E-state index contributed by atoms with van der Waals surface area (Å²) in [7, 11) is 1.60. The highest BCUT2D eigenvalue weighted by atomic mass is 19.4. The molecule has 1 atom stereocenters. The van der Waals surface area contributed by atoms with E-state index in [2.05, 4.69) is 0 Å². The van der Waals surface area contributed by atoms with Crippen LogP contribution in [-0.2, 0) is 4.74 Å². The van der Waals surface area contributed by atoms with Gasteiger partial charge in [0.25, 0.3) is 0 Å². The number of hydrogen-bond acceptors (Lipinski definition) is 2. The molecule has 2 nitrogen and oxygen atoms in total. The van der Waals surface area contributed by atoms with Crippen molar-refractivity contribution >= 4 is 5.57 Å². The standard InChI is InChI=1S/C16H17F3O2/c1-20-10-11-21-15-8-4-13(5-9-15)12-2-6-14(7-3-12)16(17,18)19/h2-6,8-9,14H,7,10-11H2,1H3. The van der Waals surface area contributed by atoms with Gasteiger partial charge in [-0.2, -0.15) is 13.2 Å². The van der Waals surface area contributed by atoms with Gasteiger partial charge < -0.3 is 9.47 Å². The van der Waals surface area contributed by atoms with Crippen molar-refractivity contribution in [2.75, 3.05) is 20.3 Å². The predicted molar refractivity (Wildman–Crippen MR) is 75.1 cm³/mol. The molecule has 0 amide bonds. The highest BCUT2D eigenvalue weighted by molar-refractivity contribution is 5.75. The molecule has 1 aromatic rings. The Morgan fingerprint density at radius 3 is 2.38 bits per heavy atom. The first-order chi connectivity index (χ1) is 10.0. The van der Waals surface area contributed by atoms with Gasteiger partial charge in [-0.15, -0.1) is 0 Å². The van der Waals surface area contributed by atoms with Crippen molar-refractivity contribution in [2.24, 2.45) is 5.92 Å². The Morgan fingerprint density at radius 2 is 1.86 bits per heavy atom. The Bertz CT molecular complexity index is 515. The largest absolute Gasteiger partial charge is 0.491 e. The van der Waals surface area contributed by atoms with Crippen molar-refractivity contribution in [3.05, 3.63) is 48.1 Å². The molecule has 5 heteroatoms. The number of hydrogen-bond donors (Lipinski definition) is 0. The summed E-state index contributed by atoms with van der Waals surface area (Å²) in [4.78, 5) is 0. The van der Waals surface area contributed by atoms with Crippen molar-refractivity contribution in [3.8, 4) is 5.75 Å². The van der Waals surface area contributed by atoms with Gasteiger partial charge in [0.2, 0.25) is 0 Å². The Labute approximate surface area is 121 Å². The van der Waals surface area contributed by atoms with Crippen LogP contribution in [0.15, 0.2) is 42.5 Å². The molecule has 0 saturated heterocycles. The van der Waals surface area contributed by atoms with Crippen LogP contribution < -0.4 is 4.74 Å². The number of halogens is 3. The van der Waals surface area contributed by atoms with E-state index in [1.165, 1.54) is 12.2 Å². The number of rotatable bonds is 5. The average Bonchev–Trinajstić information content (AvgIpc) is 2.48. The summed E-state index contributed by atoms with van der Waals surface area (Å²) >= 11 is 0. The van der Waals surface area contributed by atoms with Gasteiger partial charge in [0, 0.05) is 7.11 Å². The zero-order valence-electron chi connectivity index (χ0n) is 11.7. The minimum atomic E-state index is -4.17. The molecule has 1 aliphatic rings. The van der Waals surface area contributed by atoms with Crippen LogP contribution >= 0.6 is 0 Å². The SMILES string of the molecule is COCCOc1ccc(C2=CCC(C(F)(F)F)C=C2)cc1. The van der Waals surface area contributed by atoms with Gasteiger partial charge in [-0.05, 0) is 29.7 Å². The lowest BCUT2D eigenvalue weighted by Gasteiger charge is -2.19. The molecule has 1 aliphatic carbocycles. The lowest BCUT2D eigenvalue weighted by atomic mass is 9.93. The van der Waals surface area contributed by atoms with Crippen LogP contribution in [0.5, 0.6) is 5.75 Å². The quantitative estimate of drug-likeness (QED) is 0.757. The fraction of sp³-hybridized carbons (Fsp3) is 0.375. The Hall–Kier alpha value is -1.75. The molecular formula is C16H17F3O2. The molecule has 0 bridgehead atoms. The normalized spacial score (nSPS) is 18.5. The van der Waals surface area contributed by atoms with E-state index in [4.69, 9.17) is 9.47 Å². The number of alkyl halides is 3. The number of allylic oxidation sites excluding steroid dienone is 4. The van der Waals surface area contributed by atoms with Gasteiger partial charge in [-0.3, -0.25) is 0 Å². The van der Waals surface area contributed by atoms with Crippen LogP contribution in [-0.4, -0.2) is 26.5 Å². The number of methoxy groups -OCH3 is 1. The molecule has 2 rings (SSSR count). The Kier molecular flexibility index (Phi) is 5.07. The molecule has 0 aromatic heterocycles. The fourth-order valence-electron chi connectivity index (χ4n) is 2.06. The maximum absolute atomic E-state index is 12.6. The van der Waals surface area contributed by atoms with E-state index in [1.807, 2.05) is 12.1 Å². The van der Waals surface area contributed by atoms with Crippen molar-refractivity contribution in [1.82, 2.24) is 0 Å². The highest BCUT2D eigenvalue weighted by Crippen LogP contribution is 2.35. The van der Waals surface area contributed by atoms with Crippen LogP contribution in [0.4, 0.5) is 13.2 Å². The summed E-state index contributed by atoms with van der Waals surface area (Å²) in [6, 6.07) is 7.28. The second kappa shape index (κ2) is 6.80. The minimum absolute atomic E-state index is 0.0125. The third-order valence-electron chi connectivity index (χ3n) is 3.26. The van der Waals surface area contributed by atoms with Gasteiger partial charge in [-0.25, -0.2) is 0 Å². The number of ether oxygens (including phenoxy) is 2. The molecule has 0 fully saturated rings. The van der Waals surface area contributed by atoms with Gasteiger partial charge in [0.05, 0.1) is 12.5 Å². The van der Waals surface area contributed by atoms with E-state index in [9.17, 15) is 13.2 Å². The minimum Gasteiger partial charge on any atom is -0.491 e. The van der Waals surface area contributed by atoms with Crippen molar-refractivity contribution in [1.29, 1.82) is 0 Å². The van der Waals surface area contributed by atoms with Crippen LogP contribution in [0.1, 0.15) is 12.0 Å². The molecule has 114 valence electrons. The zero-order valence-corrected chi connectivity index (χ0v) is 11.7. The molecule has 0 heterocycles. The van der Waals surface area contributed by atoms with E-state index >= 15 is 0 Å². The van der Waals surface area contributed by atoms with E-state index in [-0.39, 0.29) is 6.42 Å². The predicted octanol–water partition coefficient (Wildman–Crippen LogP) is 4.23. The maximum atomic E-state index is 12.6. The zero-order chi connectivity index (χ0) is 15.3. The lowest BCUT2D eigenvalue weighted by Crippen LogP contribution is -2.21. The molecule has 0 spiro atoms. The van der Waals surface area contributed by atoms with Crippen LogP contribution in [0.25, 0.3) is 5.57 Å². The van der Waals surface area contributed by atoms with Crippen LogP contribution in [0, 0.1) is 5.92 Å². The second-order valence-electron chi connectivity index (χ2n) is 4.77. The van der Waals surface area contributed by atoms with Gasteiger partial charge in [0.15, 0.2) is 0 Å². The van der Waals surface area contributed by atoms with Crippen molar-refractivity contribution in [3.63, 3.8) is 0 Å². The summed E-state index contributed by atoms with van der Waals surface area (Å²) in [5.41, 5.74) is 1.69. The molecule has 0 N–H and O–H groups in total. The van der Waals surface area contributed by atoms with Gasteiger partial charge >= 0.3 is 6.18 Å².